The van der Waals surface area contributed by atoms with E-state index in [1.165, 1.54) is 0 Å². The molecule has 2 atom stereocenters. The molecule has 2 N–H and O–H groups in total. The molecule has 0 aliphatic carbocycles. The molecule has 5 heteroatoms. The maximum atomic E-state index is 9.45. The zero-order valence-corrected chi connectivity index (χ0v) is 10.9. The summed E-state index contributed by atoms with van der Waals surface area (Å²) in [6.07, 6.45) is 1.22. The highest BCUT2D eigenvalue weighted by molar-refractivity contribution is 4.51. The summed E-state index contributed by atoms with van der Waals surface area (Å²) in [7, 11) is 0. The molecule has 0 aromatic heterocycles. The van der Waals surface area contributed by atoms with Crippen molar-refractivity contribution in [3.05, 3.63) is 0 Å². The van der Waals surface area contributed by atoms with Crippen LogP contribution in [-0.2, 0) is 14.2 Å². The molecule has 0 rings (SSSR count). The molecular formula is C12H26O5. The molecule has 104 valence electrons. The molecule has 0 heterocycles. The van der Waals surface area contributed by atoms with E-state index in [4.69, 9.17) is 19.3 Å². The van der Waals surface area contributed by atoms with Crippen molar-refractivity contribution in [2.24, 2.45) is 0 Å². The molecule has 0 fully saturated rings. The smallest absolute Gasteiger partial charge is 0.101 e. The highest BCUT2D eigenvalue weighted by Gasteiger charge is 2.04. The number of hydrogen-bond acceptors (Lipinski definition) is 5. The van der Waals surface area contributed by atoms with Crippen LogP contribution in [0.25, 0.3) is 0 Å². The molecule has 17 heavy (non-hydrogen) atoms. The summed E-state index contributed by atoms with van der Waals surface area (Å²) in [5.41, 5.74) is 0. The van der Waals surface area contributed by atoms with Crippen LogP contribution in [0.15, 0.2) is 0 Å². The average molecular weight is 250 g/mol. The molecule has 0 spiro atoms. The topological polar surface area (TPSA) is 68.2 Å². The van der Waals surface area contributed by atoms with Gasteiger partial charge in [-0.15, -0.1) is 0 Å². The van der Waals surface area contributed by atoms with E-state index < -0.39 is 6.10 Å². The lowest BCUT2D eigenvalue weighted by Crippen LogP contribution is -2.23. The Labute approximate surface area is 104 Å². The average Bonchev–Trinajstić information content (AvgIpc) is 2.34. The molecule has 0 aromatic rings. The zero-order valence-electron chi connectivity index (χ0n) is 10.9. The van der Waals surface area contributed by atoms with Crippen LogP contribution < -0.4 is 0 Å². The molecule has 0 bridgehead atoms. The highest BCUT2D eigenvalue weighted by Crippen LogP contribution is 1.95. The molecule has 0 amide bonds. The summed E-state index contributed by atoms with van der Waals surface area (Å²) in [6.45, 7) is 6.19. The molecule has 2 unspecified atom stereocenters. The van der Waals surface area contributed by atoms with Crippen LogP contribution in [0.5, 0.6) is 0 Å². The lowest BCUT2D eigenvalue weighted by molar-refractivity contribution is -0.0413. The van der Waals surface area contributed by atoms with Crippen LogP contribution in [0.4, 0.5) is 0 Å². The molecule has 0 aliphatic rings. The second-order valence-electron chi connectivity index (χ2n) is 3.97. The fourth-order valence-corrected chi connectivity index (χ4v) is 1.08. The first-order valence-electron chi connectivity index (χ1n) is 6.26. The monoisotopic (exact) mass is 250 g/mol. The van der Waals surface area contributed by atoms with Gasteiger partial charge in [0.2, 0.25) is 0 Å². The van der Waals surface area contributed by atoms with Gasteiger partial charge in [-0.25, -0.2) is 0 Å². The van der Waals surface area contributed by atoms with Crippen molar-refractivity contribution in [2.75, 3.05) is 39.6 Å². The van der Waals surface area contributed by atoms with E-state index in [1.807, 2.05) is 6.92 Å². The van der Waals surface area contributed by atoms with E-state index in [1.54, 1.807) is 0 Å². The van der Waals surface area contributed by atoms with Gasteiger partial charge in [0.25, 0.3) is 0 Å². The van der Waals surface area contributed by atoms with E-state index in [0.29, 0.717) is 26.2 Å². The second kappa shape index (κ2) is 12.3. The fourth-order valence-electron chi connectivity index (χ4n) is 1.08. The van der Waals surface area contributed by atoms with Crippen molar-refractivity contribution < 1.29 is 24.4 Å². The van der Waals surface area contributed by atoms with Crippen LogP contribution in [0, 0.1) is 0 Å². The molecule has 0 saturated carbocycles. The highest BCUT2D eigenvalue weighted by atomic mass is 16.5. The summed E-state index contributed by atoms with van der Waals surface area (Å²) in [6, 6.07) is 0. The summed E-state index contributed by atoms with van der Waals surface area (Å²) in [4.78, 5) is 0. The van der Waals surface area contributed by atoms with Gasteiger partial charge in [0.15, 0.2) is 0 Å². The number of aliphatic hydroxyl groups excluding tert-OH is 2. The van der Waals surface area contributed by atoms with Gasteiger partial charge >= 0.3 is 0 Å². The minimum absolute atomic E-state index is 0.111. The van der Waals surface area contributed by atoms with Gasteiger partial charge in [-0.3, -0.25) is 0 Å². The minimum atomic E-state index is -0.614. The number of ether oxygens (including phenoxy) is 3. The molecule has 0 aliphatic heterocycles. The van der Waals surface area contributed by atoms with Gasteiger partial charge < -0.3 is 24.4 Å². The zero-order chi connectivity index (χ0) is 12.9. The van der Waals surface area contributed by atoms with Crippen LogP contribution in [0.2, 0.25) is 0 Å². The van der Waals surface area contributed by atoms with E-state index in [2.05, 4.69) is 6.92 Å². The SMILES string of the molecule is CCC(C)OCCOCC(O)COCCCO. The van der Waals surface area contributed by atoms with Gasteiger partial charge in [-0.2, -0.15) is 0 Å². The summed E-state index contributed by atoms with van der Waals surface area (Å²) >= 11 is 0. The van der Waals surface area contributed by atoms with Crippen LogP contribution in [0.1, 0.15) is 26.7 Å². The quantitative estimate of drug-likeness (QED) is 0.496. The Morgan fingerprint density at radius 1 is 1.06 bits per heavy atom. The standard InChI is InChI=1S/C12H26O5/c1-3-11(2)17-8-7-16-10-12(14)9-15-6-4-5-13/h11-14H,3-10H2,1-2H3. The fraction of sp³-hybridized carbons (Fsp3) is 1.00. The van der Waals surface area contributed by atoms with E-state index in [9.17, 15) is 5.11 Å². The second-order valence-corrected chi connectivity index (χ2v) is 3.97. The molecule has 0 aromatic carbocycles. The lowest BCUT2D eigenvalue weighted by Gasteiger charge is -2.13. The number of rotatable bonds is 12. The van der Waals surface area contributed by atoms with E-state index in [-0.39, 0.29) is 25.9 Å². The normalized spacial score (nSPS) is 14.8. The Balaban J connectivity index is 3.18. The minimum Gasteiger partial charge on any atom is -0.396 e. The first-order valence-corrected chi connectivity index (χ1v) is 6.26. The lowest BCUT2D eigenvalue weighted by atomic mass is 10.3. The van der Waals surface area contributed by atoms with E-state index >= 15 is 0 Å². The molecule has 5 nitrogen and oxygen atoms in total. The van der Waals surface area contributed by atoms with Crippen molar-refractivity contribution in [2.45, 2.75) is 38.9 Å². The van der Waals surface area contributed by atoms with Crippen molar-refractivity contribution >= 4 is 0 Å². The van der Waals surface area contributed by atoms with Crippen molar-refractivity contribution in [3.8, 4) is 0 Å². The maximum Gasteiger partial charge on any atom is 0.101 e. The largest absolute Gasteiger partial charge is 0.396 e. The first-order chi connectivity index (χ1) is 8.20. The third-order valence-electron chi connectivity index (χ3n) is 2.27. The van der Waals surface area contributed by atoms with Crippen molar-refractivity contribution in [1.29, 1.82) is 0 Å². The van der Waals surface area contributed by atoms with Crippen LogP contribution in [-0.4, -0.2) is 62.1 Å². The van der Waals surface area contributed by atoms with Gasteiger partial charge in [0.05, 0.1) is 32.5 Å². The van der Waals surface area contributed by atoms with Crippen LogP contribution in [0.3, 0.4) is 0 Å². The van der Waals surface area contributed by atoms with E-state index in [0.717, 1.165) is 6.42 Å². The third kappa shape index (κ3) is 12.1. The summed E-state index contributed by atoms with van der Waals surface area (Å²) < 4.78 is 15.8. The van der Waals surface area contributed by atoms with Gasteiger partial charge in [0, 0.05) is 13.2 Å². The van der Waals surface area contributed by atoms with Gasteiger partial charge in [0.1, 0.15) is 6.10 Å². The van der Waals surface area contributed by atoms with Gasteiger partial charge in [-0.1, -0.05) is 6.92 Å². The Bertz CT molecular complexity index is 154. The predicted molar refractivity (Wildman–Crippen MR) is 65.1 cm³/mol. The predicted octanol–water partition coefficient (Wildman–Crippen LogP) is 0.578. The summed E-state index contributed by atoms with van der Waals surface area (Å²) in [5.74, 6) is 0. The Morgan fingerprint density at radius 3 is 2.29 bits per heavy atom. The molecule has 0 saturated heterocycles. The first kappa shape index (κ1) is 16.8. The Hall–Kier alpha value is -0.200. The number of aliphatic hydroxyl groups is 2. The molecule has 0 radical (unpaired) electrons. The summed E-state index contributed by atoms with van der Waals surface area (Å²) in [5, 5.41) is 18.0. The van der Waals surface area contributed by atoms with Gasteiger partial charge in [-0.05, 0) is 19.8 Å². The van der Waals surface area contributed by atoms with Crippen molar-refractivity contribution in [1.82, 2.24) is 0 Å². The number of hydrogen-bond donors (Lipinski definition) is 2. The van der Waals surface area contributed by atoms with Crippen molar-refractivity contribution in [3.63, 3.8) is 0 Å². The Morgan fingerprint density at radius 2 is 1.71 bits per heavy atom. The molecular weight excluding hydrogens is 224 g/mol. The third-order valence-corrected chi connectivity index (χ3v) is 2.27. The Kier molecular flexibility index (Phi) is 12.1. The van der Waals surface area contributed by atoms with Crippen LogP contribution >= 0.6 is 0 Å². The maximum absolute atomic E-state index is 9.45.